The lowest BCUT2D eigenvalue weighted by atomic mass is 9.90. The Bertz CT molecular complexity index is 539. The monoisotopic (exact) mass is 254 g/mol. The van der Waals surface area contributed by atoms with Crippen LogP contribution in [0.3, 0.4) is 0 Å². The van der Waals surface area contributed by atoms with Gasteiger partial charge in [0, 0.05) is 12.2 Å². The molecule has 19 heavy (non-hydrogen) atoms. The molecule has 1 unspecified atom stereocenters. The number of nitriles is 2. The van der Waals surface area contributed by atoms with E-state index < -0.39 is 0 Å². The van der Waals surface area contributed by atoms with E-state index in [0.29, 0.717) is 6.42 Å². The zero-order valence-corrected chi connectivity index (χ0v) is 10.5. The van der Waals surface area contributed by atoms with Crippen LogP contribution in [0.4, 0.5) is 5.69 Å². The second kappa shape index (κ2) is 5.88. The molecule has 1 amide bonds. The highest BCUT2D eigenvalue weighted by Crippen LogP contribution is 2.32. The molecule has 2 rings (SSSR count). The van der Waals surface area contributed by atoms with Gasteiger partial charge in [-0.05, 0) is 18.1 Å². The molecule has 0 spiro atoms. The summed E-state index contributed by atoms with van der Waals surface area (Å²) in [7, 11) is 0. The minimum Gasteiger partial charge on any atom is -0.385 e. The summed E-state index contributed by atoms with van der Waals surface area (Å²) in [6.07, 6.45) is 0.684. The molecule has 0 bridgehead atoms. The highest BCUT2D eigenvalue weighted by atomic mass is 16.2. The lowest BCUT2D eigenvalue weighted by Crippen LogP contribution is -2.37. The molecule has 1 aliphatic heterocycles. The van der Waals surface area contributed by atoms with E-state index in [1.807, 2.05) is 36.4 Å². The number of para-hydroxylation sites is 1. The second-order valence-corrected chi connectivity index (χ2v) is 4.37. The van der Waals surface area contributed by atoms with Gasteiger partial charge in [-0.3, -0.25) is 4.79 Å². The van der Waals surface area contributed by atoms with Crippen molar-refractivity contribution in [3.05, 3.63) is 29.8 Å². The molecular weight excluding hydrogens is 240 g/mol. The Labute approximate surface area is 112 Å². The summed E-state index contributed by atoms with van der Waals surface area (Å²) >= 11 is 0. The molecule has 1 aliphatic rings. The summed E-state index contributed by atoms with van der Waals surface area (Å²) in [6, 6.07) is 11.5. The van der Waals surface area contributed by atoms with Gasteiger partial charge in [-0.1, -0.05) is 18.2 Å². The van der Waals surface area contributed by atoms with E-state index in [9.17, 15) is 4.79 Å². The fraction of sp³-hybridized carbons (Fsp3) is 0.357. The lowest BCUT2D eigenvalue weighted by molar-refractivity contribution is -0.131. The fourth-order valence-electron chi connectivity index (χ4n) is 2.33. The average Bonchev–Trinajstić information content (AvgIpc) is 2.46. The third kappa shape index (κ3) is 2.66. The van der Waals surface area contributed by atoms with Crippen molar-refractivity contribution < 1.29 is 4.79 Å². The van der Waals surface area contributed by atoms with Crippen LogP contribution in [0.2, 0.25) is 0 Å². The highest BCUT2D eigenvalue weighted by Gasteiger charge is 2.29. The van der Waals surface area contributed by atoms with Crippen molar-refractivity contribution in [2.45, 2.75) is 12.3 Å². The predicted octanol–water partition coefficient (Wildman–Crippen LogP) is 1.46. The topological polar surface area (TPSA) is 79.9 Å². The molecule has 0 aliphatic carbocycles. The van der Waals surface area contributed by atoms with E-state index in [1.165, 1.54) is 4.90 Å². The number of hydrogen-bond acceptors (Lipinski definition) is 4. The Morgan fingerprint density at radius 3 is 2.68 bits per heavy atom. The Kier molecular flexibility index (Phi) is 4.00. The first-order valence-corrected chi connectivity index (χ1v) is 6.13. The van der Waals surface area contributed by atoms with Crippen LogP contribution in [0.1, 0.15) is 17.9 Å². The smallest absolute Gasteiger partial charge is 0.231 e. The molecule has 1 aromatic rings. The predicted molar refractivity (Wildman–Crippen MR) is 70.1 cm³/mol. The van der Waals surface area contributed by atoms with E-state index in [0.717, 1.165) is 17.8 Å². The second-order valence-electron chi connectivity index (χ2n) is 4.37. The summed E-state index contributed by atoms with van der Waals surface area (Å²) in [4.78, 5) is 13.7. The molecule has 0 saturated carbocycles. The van der Waals surface area contributed by atoms with Crippen molar-refractivity contribution >= 4 is 11.6 Å². The summed E-state index contributed by atoms with van der Waals surface area (Å²) in [5.74, 6) is -0.406. The van der Waals surface area contributed by atoms with Gasteiger partial charge >= 0.3 is 0 Å². The first kappa shape index (κ1) is 12.9. The van der Waals surface area contributed by atoms with Crippen molar-refractivity contribution in [2.75, 3.05) is 25.0 Å². The molecule has 96 valence electrons. The number of amides is 1. The van der Waals surface area contributed by atoms with Crippen molar-refractivity contribution in [1.29, 1.82) is 10.5 Å². The third-order valence-corrected chi connectivity index (χ3v) is 3.22. The Balaban J connectivity index is 2.25. The van der Waals surface area contributed by atoms with Gasteiger partial charge in [-0.15, -0.1) is 0 Å². The van der Waals surface area contributed by atoms with Crippen molar-refractivity contribution in [3.8, 4) is 12.1 Å². The molecule has 1 aromatic carbocycles. The van der Waals surface area contributed by atoms with Crippen LogP contribution in [0, 0.1) is 22.7 Å². The van der Waals surface area contributed by atoms with Gasteiger partial charge in [0.2, 0.25) is 5.91 Å². The van der Waals surface area contributed by atoms with Crippen molar-refractivity contribution in [3.63, 3.8) is 0 Å². The Morgan fingerprint density at radius 1 is 1.32 bits per heavy atom. The van der Waals surface area contributed by atoms with Crippen LogP contribution in [-0.2, 0) is 4.79 Å². The number of nitrogens with one attached hydrogen (secondary N) is 1. The first-order chi connectivity index (χ1) is 9.27. The maximum atomic E-state index is 12.4. The third-order valence-electron chi connectivity index (χ3n) is 3.22. The number of carbonyl (C=O) groups excluding carboxylic acids is 1. The minimum atomic E-state index is -0.265. The Morgan fingerprint density at radius 2 is 2.00 bits per heavy atom. The summed E-state index contributed by atoms with van der Waals surface area (Å²) in [6.45, 7) is 0.636. The Hall–Kier alpha value is -2.53. The quantitative estimate of drug-likeness (QED) is 0.828. The molecular formula is C14H14N4O. The normalized spacial score (nSPS) is 16.4. The standard InChI is InChI=1S/C14H14N4O/c15-6-9-18(10-7-16)14(19)12-5-8-17-13-4-2-1-3-11(12)13/h1-4,12,17H,5,8-10H2. The van der Waals surface area contributed by atoms with Crippen LogP contribution in [0.25, 0.3) is 0 Å². The van der Waals surface area contributed by atoms with Gasteiger partial charge in [-0.2, -0.15) is 10.5 Å². The molecule has 1 N–H and O–H groups in total. The van der Waals surface area contributed by atoms with Crippen LogP contribution in [0.5, 0.6) is 0 Å². The number of nitrogens with zero attached hydrogens (tertiary/aromatic N) is 3. The van der Waals surface area contributed by atoms with E-state index in [4.69, 9.17) is 10.5 Å². The van der Waals surface area contributed by atoms with Crippen LogP contribution in [0.15, 0.2) is 24.3 Å². The van der Waals surface area contributed by atoms with Gasteiger partial charge in [0.05, 0.1) is 18.1 Å². The molecule has 0 aromatic heterocycles. The molecule has 0 saturated heterocycles. The van der Waals surface area contributed by atoms with Gasteiger partial charge in [-0.25, -0.2) is 0 Å². The molecule has 1 heterocycles. The fourth-order valence-corrected chi connectivity index (χ4v) is 2.33. The van der Waals surface area contributed by atoms with E-state index in [1.54, 1.807) is 0 Å². The van der Waals surface area contributed by atoms with Crippen molar-refractivity contribution in [1.82, 2.24) is 4.90 Å². The summed E-state index contributed by atoms with van der Waals surface area (Å²) < 4.78 is 0. The molecule has 5 heteroatoms. The van der Waals surface area contributed by atoms with Gasteiger partial charge in [0.1, 0.15) is 13.1 Å². The molecule has 0 radical (unpaired) electrons. The average molecular weight is 254 g/mol. The zero-order chi connectivity index (χ0) is 13.7. The molecule has 0 fully saturated rings. The van der Waals surface area contributed by atoms with E-state index in [2.05, 4.69) is 5.32 Å². The van der Waals surface area contributed by atoms with E-state index >= 15 is 0 Å². The van der Waals surface area contributed by atoms with E-state index in [-0.39, 0.29) is 24.9 Å². The number of rotatable bonds is 3. The van der Waals surface area contributed by atoms with Crippen LogP contribution in [-0.4, -0.2) is 30.4 Å². The minimum absolute atomic E-state index is 0.0432. The number of benzene rings is 1. The first-order valence-electron chi connectivity index (χ1n) is 6.13. The van der Waals surface area contributed by atoms with Crippen LogP contribution >= 0.6 is 0 Å². The van der Waals surface area contributed by atoms with Crippen LogP contribution < -0.4 is 5.32 Å². The van der Waals surface area contributed by atoms with Gasteiger partial charge in [0.15, 0.2) is 0 Å². The molecule has 1 atom stereocenters. The number of anilines is 1. The maximum absolute atomic E-state index is 12.4. The van der Waals surface area contributed by atoms with Gasteiger partial charge < -0.3 is 10.2 Å². The SMILES string of the molecule is N#CCN(CC#N)C(=O)C1CCNc2ccccc21. The number of carbonyl (C=O) groups is 1. The lowest BCUT2D eigenvalue weighted by Gasteiger charge is -2.29. The number of fused-ring (bicyclic) bond motifs is 1. The summed E-state index contributed by atoms with van der Waals surface area (Å²) in [5.41, 5.74) is 1.90. The zero-order valence-electron chi connectivity index (χ0n) is 10.5. The summed E-state index contributed by atoms with van der Waals surface area (Å²) in [5, 5.41) is 20.7. The van der Waals surface area contributed by atoms with Gasteiger partial charge in [0.25, 0.3) is 0 Å². The number of hydrogen-bond donors (Lipinski definition) is 1. The largest absolute Gasteiger partial charge is 0.385 e. The van der Waals surface area contributed by atoms with Crippen molar-refractivity contribution in [2.24, 2.45) is 0 Å². The maximum Gasteiger partial charge on any atom is 0.231 e. The molecule has 5 nitrogen and oxygen atoms in total. The highest BCUT2D eigenvalue weighted by molar-refractivity contribution is 5.86.